The van der Waals surface area contributed by atoms with Crippen LogP contribution in [0.3, 0.4) is 0 Å². The van der Waals surface area contributed by atoms with E-state index < -0.39 is 12.4 Å². The van der Waals surface area contributed by atoms with Crippen molar-refractivity contribution >= 4 is 21.9 Å². The zero-order valence-corrected chi connectivity index (χ0v) is 17.4. The van der Waals surface area contributed by atoms with E-state index in [4.69, 9.17) is 23.7 Å². The molecule has 2 rings (SSSR count). The molecule has 0 aromatic heterocycles. The highest BCUT2D eigenvalue weighted by molar-refractivity contribution is 9.09. The van der Waals surface area contributed by atoms with Gasteiger partial charge in [-0.2, -0.15) is 0 Å². The molecule has 0 spiro atoms. The second-order valence-corrected chi connectivity index (χ2v) is 6.44. The third-order valence-corrected chi connectivity index (χ3v) is 5.09. The Morgan fingerprint density at radius 1 is 1.35 bits per heavy atom. The zero-order chi connectivity index (χ0) is 19.3. The number of carbonyl (C=O) groups excluding carboxylic acids is 1. The molecule has 1 heterocycles. The Balaban J connectivity index is 2.63. The number of cyclic esters (lactones) is 1. The van der Waals surface area contributed by atoms with Crippen LogP contribution in [0.15, 0.2) is 11.6 Å². The fourth-order valence-electron chi connectivity index (χ4n) is 2.85. The fourth-order valence-corrected chi connectivity index (χ4v) is 3.08. The average Bonchev–Trinajstić information content (AvgIpc) is 3.03. The predicted octanol–water partition coefficient (Wildman–Crippen LogP) is 3.90. The van der Waals surface area contributed by atoms with Crippen LogP contribution >= 0.6 is 15.9 Å². The van der Waals surface area contributed by atoms with Gasteiger partial charge in [0, 0.05) is 23.6 Å². The largest absolute Gasteiger partial charge is 0.496 e. The summed E-state index contributed by atoms with van der Waals surface area (Å²) in [5, 5.41) is 0.761. The number of alkyl halides is 1. The van der Waals surface area contributed by atoms with Crippen molar-refractivity contribution in [3.05, 3.63) is 33.9 Å². The third-order valence-electron chi connectivity index (χ3n) is 4.20. The smallest absolute Gasteiger partial charge is 0.342 e. The molecule has 7 heteroatoms. The average molecular weight is 429 g/mol. The summed E-state index contributed by atoms with van der Waals surface area (Å²) in [6, 6.07) is 0. The monoisotopic (exact) mass is 428 g/mol. The third kappa shape index (κ3) is 4.22. The lowest BCUT2D eigenvalue weighted by Crippen LogP contribution is -2.24. The van der Waals surface area contributed by atoms with Crippen molar-refractivity contribution in [2.75, 3.05) is 26.2 Å². The van der Waals surface area contributed by atoms with Crippen LogP contribution in [-0.4, -0.2) is 38.6 Å². The maximum atomic E-state index is 12.4. The van der Waals surface area contributed by atoms with E-state index in [1.807, 2.05) is 20.8 Å². The quantitative estimate of drug-likeness (QED) is 0.257. The fraction of sp³-hybridized carbons (Fsp3) is 0.526. The van der Waals surface area contributed by atoms with E-state index >= 15 is 0 Å². The summed E-state index contributed by atoms with van der Waals surface area (Å²) < 4.78 is 27.5. The molecule has 0 amide bonds. The number of hydrogen-bond donors (Lipinski definition) is 0. The van der Waals surface area contributed by atoms with E-state index in [2.05, 4.69) is 22.0 Å². The van der Waals surface area contributed by atoms with Gasteiger partial charge in [0.25, 0.3) is 0 Å². The topological polar surface area (TPSA) is 63.2 Å². The Labute approximate surface area is 162 Å². The molecule has 1 aromatic rings. The number of carbonyl (C=O) groups is 1. The normalized spacial score (nSPS) is 14.8. The molecular weight excluding hydrogens is 404 g/mol. The Bertz CT molecular complexity index is 698. The first-order valence-corrected chi connectivity index (χ1v) is 9.52. The molecule has 26 heavy (non-hydrogen) atoms. The molecule has 0 radical (unpaired) electrons. The molecule has 1 atom stereocenters. The van der Waals surface area contributed by atoms with Gasteiger partial charge in [0.05, 0.1) is 13.7 Å². The first-order valence-electron chi connectivity index (χ1n) is 8.40. The lowest BCUT2D eigenvalue weighted by atomic mass is 9.95. The maximum Gasteiger partial charge on any atom is 0.342 e. The van der Waals surface area contributed by atoms with Gasteiger partial charge in [-0.3, -0.25) is 0 Å². The molecule has 1 aliphatic rings. The van der Waals surface area contributed by atoms with Crippen LogP contribution < -0.4 is 9.47 Å². The number of benzene rings is 1. The number of allylic oxidation sites excluding steroid dienone is 2. The number of halogens is 1. The van der Waals surface area contributed by atoms with E-state index in [0.29, 0.717) is 30.1 Å². The van der Waals surface area contributed by atoms with Crippen molar-refractivity contribution < 1.29 is 28.5 Å². The highest BCUT2D eigenvalue weighted by Crippen LogP contribution is 2.43. The summed E-state index contributed by atoms with van der Waals surface area (Å²) in [6.45, 7) is 5.47. The van der Waals surface area contributed by atoms with Crippen molar-refractivity contribution in [2.24, 2.45) is 0 Å². The van der Waals surface area contributed by atoms with Crippen LogP contribution in [0.25, 0.3) is 0 Å². The maximum absolute atomic E-state index is 12.4. The lowest BCUT2D eigenvalue weighted by Gasteiger charge is -2.23. The van der Waals surface area contributed by atoms with E-state index in [0.717, 1.165) is 27.6 Å². The first kappa shape index (κ1) is 20.7. The summed E-state index contributed by atoms with van der Waals surface area (Å²) in [4.78, 5) is 12.4. The van der Waals surface area contributed by atoms with Gasteiger partial charge in [-0.1, -0.05) is 27.6 Å². The van der Waals surface area contributed by atoms with Gasteiger partial charge in [-0.25, -0.2) is 4.79 Å². The van der Waals surface area contributed by atoms with Crippen LogP contribution in [0.1, 0.15) is 40.9 Å². The SMILES string of the molecule is CCOC(OC)Oc1c(CC=C(C)CBr)c(OC)c(C)c2c1C(=O)OC2. The Kier molecular flexibility index (Phi) is 7.49. The van der Waals surface area contributed by atoms with Crippen LogP contribution in [0.2, 0.25) is 0 Å². The molecule has 6 nitrogen and oxygen atoms in total. The molecule has 1 unspecified atom stereocenters. The molecule has 0 saturated carbocycles. The summed E-state index contributed by atoms with van der Waals surface area (Å²) in [5.74, 6) is 0.667. The van der Waals surface area contributed by atoms with Gasteiger partial charge >= 0.3 is 12.4 Å². The lowest BCUT2D eigenvalue weighted by molar-refractivity contribution is -0.231. The van der Waals surface area contributed by atoms with Crippen molar-refractivity contribution in [3.63, 3.8) is 0 Å². The molecule has 0 bridgehead atoms. The number of ether oxygens (including phenoxy) is 5. The molecule has 0 N–H and O–H groups in total. The molecule has 1 aromatic carbocycles. The van der Waals surface area contributed by atoms with Crippen molar-refractivity contribution in [3.8, 4) is 11.5 Å². The number of fused-ring (bicyclic) bond motifs is 1. The molecule has 0 fully saturated rings. The molecular formula is C19H25BrO6. The van der Waals surface area contributed by atoms with Crippen LogP contribution in [0, 0.1) is 6.92 Å². The van der Waals surface area contributed by atoms with E-state index in [1.54, 1.807) is 7.11 Å². The Morgan fingerprint density at radius 3 is 2.65 bits per heavy atom. The number of hydrogen-bond acceptors (Lipinski definition) is 6. The summed E-state index contributed by atoms with van der Waals surface area (Å²) in [6.07, 6.45) is 2.61. The molecule has 0 aliphatic carbocycles. The minimum atomic E-state index is -0.926. The summed E-state index contributed by atoms with van der Waals surface area (Å²) >= 11 is 3.44. The molecule has 1 aliphatic heterocycles. The second kappa shape index (κ2) is 9.39. The van der Waals surface area contributed by atoms with Crippen molar-refractivity contribution in [1.29, 1.82) is 0 Å². The standard InChI is InChI=1S/C19H25BrO6/c1-6-24-19(23-5)26-17-13(8-7-11(2)9-20)16(22-4)12(3)14-10-25-18(21)15(14)17/h7,19H,6,8-10H2,1-5H3. The van der Waals surface area contributed by atoms with Gasteiger partial charge in [0.15, 0.2) is 0 Å². The van der Waals surface area contributed by atoms with Crippen LogP contribution in [0.5, 0.6) is 11.5 Å². The highest BCUT2D eigenvalue weighted by Gasteiger charge is 2.34. The van der Waals surface area contributed by atoms with E-state index in [-0.39, 0.29) is 6.61 Å². The van der Waals surface area contributed by atoms with Crippen molar-refractivity contribution in [2.45, 2.75) is 40.3 Å². The van der Waals surface area contributed by atoms with Crippen molar-refractivity contribution in [1.82, 2.24) is 0 Å². The molecule has 0 saturated heterocycles. The number of esters is 1. The zero-order valence-electron chi connectivity index (χ0n) is 15.8. The summed E-state index contributed by atoms with van der Waals surface area (Å²) in [7, 11) is 3.09. The second-order valence-electron chi connectivity index (χ2n) is 5.88. The van der Waals surface area contributed by atoms with Gasteiger partial charge in [0.1, 0.15) is 23.7 Å². The van der Waals surface area contributed by atoms with Crippen LogP contribution in [0.4, 0.5) is 0 Å². The Morgan fingerprint density at radius 2 is 2.08 bits per heavy atom. The van der Waals surface area contributed by atoms with Crippen LogP contribution in [-0.2, 0) is 27.2 Å². The van der Waals surface area contributed by atoms with E-state index in [1.165, 1.54) is 7.11 Å². The first-order chi connectivity index (χ1) is 12.5. The minimum absolute atomic E-state index is 0.204. The number of rotatable bonds is 9. The Hall–Kier alpha value is -1.57. The molecule has 144 valence electrons. The summed E-state index contributed by atoms with van der Waals surface area (Å²) in [5.41, 5.74) is 4.01. The van der Waals surface area contributed by atoms with Gasteiger partial charge in [-0.15, -0.1) is 0 Å². The van der Waals surface area contributed by atoms with Gasteiger partial charge in [0.2, 0.25) is 0 Å². The predicted molar refractivity (Wildman–Crippen MR) is 101 cm³/mol. The van der Waals surface area contributed by atoms with Gasteiger partial charge in [-0.05, 0) is 32.8 Å². The van der Waals surface area contributed by atoms with Gasteiger partial charge < -0.3 is 23.7 Å². The number of methoxy groups -OCH3 is 2. The van der Waals surface area contributed by atoms with E-state index in [9.17, 15) is 4.79 Å². The minimum Gasteiger partial charge on any atom is -0.496 e. The highest BCUT2D eigenvalue weighted by atomic mass is 79.9.